The van der Waals surface area contributed by atoms with Gasteiger partial charge in [0.25, 0.3) is 0 Å². The molecule has 1 amide bonds. The maximum atomic E-state index is 12.1. The Morgan fingerprint density at radius 1 is 1.39 bits per heavy atom. The van der Waals surface area contributed by atoms with Gasteiger partial charge in [-0.1, -0.05) is 35.2 Å². The topological polar surface area (TPSA) is 76.1 Å². The highest BCUT2D eigenvalue weighted by molar-refractivity contribution is 8.01. The van der Waals surface area contributed by atoms with Gasteiger partial charge >= 0.3 is 0 Å². The average Bonchev–Trinajstić information content (AvgIpc) is 3.24. The minimum atomic E-state index is -0.0888. The Labute approximate surface area is 143 Å². The number of hydrogen-bond acceptors (Lipinski definition) is 7. The lowest BCUT2D eigenvalue weighted by Crippen LogP contribution is -2.14. The van der Waals surface area contributed by atoms with E-state index in [9.17, 15) is 4.79 Å². The molecule has 0 unspecified atom stereocenters. The minimum Gasteiger partial charge on any atom is -0.492 e. The molecule has 23 heavy (non-hydrogen) atoms. The summed E-state index contributed by atoms with van der Waals surface area (Å²) in [5, 5.41) is 15.2. The van der Waals surface area contributed by atoms with Crippen molar-refractivity contribution in [3.63, 3.8) is 0 Å². The molecule has 6 nitrogen and oxygen atoms in total. The van der Waals surface area contributed by atoms with E-state index in [0.29, 0.717) is 29.8 Å². The third-order valence-corrected chi connectivity index (χ3v) is 5.09. The van der Waals surface area contributed by atoms with Crippen LogP contribution in [0.5, 0.6) is 5.75 Å². The van der Waals surface area contributed by atoms with E-state index in [0.717, 1.165) is 9.47 Å². The third kappa shape index (κ3) is 4.84. The molecule has 1 aromatic heterocycles. The fraction of sp³-hybridized carbons (Fsp3) is 0.400. The van der Waals surface area contributed by atoms with E-state index in [1.54, 1.807) is 0 Å². The molecule has 0 atom stereocenters. The molecule has 0 aliphatic heterocycles. The van der Waals surface area contributed by atoms with E-state index < -0.39 is 0 Å². The molecule has 1 heterocycles. The van der Waals surface area contributed by atoms with E-state index >= 15 is 0 Å². The van der Waals surface area contributed by atoms with Crippen LogP contribution in [0.15, 0.2) is 28.6 Å². The summed E-state index contributed by atoms with van der Waals surface area (Å²) in [6.07, 6.45) is 2.40. The van der Waals surface area contributed by atoms with Gasteiger partial charge in [-0.25, -0.2) is 0 Å². The van der Waals surface area contributed by atoms with Crippen LogP contribution in [0, 0.1) is 0 Å². The quantitative estimate of drug-likeness (QED) is 0.712. The first-order valence-electron chi connectivity index (χ1n) is 7.49. The van der Waals surface area contributed by atoms with Crippen LogP contribution in [0.2, 0.25) is 0 Å². The number of hydrogen-bond donors (Lipinski definition) is 2. The van der Waals surface area contributed by atoms with Crippen molar-refractivity contribution in [1.29, 1.82) is 0 Å². The smallest absolute Gasteiger partial charge is 0.234 e. The molecule has 0 radical (unpaired) electrons. The van der Waals surface area contributed by atoms with Gasteiger partial charge in [-0.15, -0.1) is 10.2 Å². The van der Waals surface area contributed by atoms with Crippen LogP contribution >= 0.6 is 23.1 Å². The number of amides is 1. The van der Waals surface area contributed by atoms with Gasteiger partial charge in [-0.2, -0.15) is 0 Å². The lowest BCUT2D eigenvalue weighted by molar-refractivity contribution is -0.113. The number of para-hydroxylation sites is 2. The van der Waals surface area contributed by atoms with Gasteiger partial charge in [0.2, 0.25) is 11.0 Å². The summed E-state index contributed by atoms with van der Waals surface area (Å²) >= 11 is 2.87. The van der Waals surface area contributed by atoms with Gasteiger partial charge in [-0.3, -0.25) is 4.79 Å². The first kappa shape index (κ1) is 16.1. The zero-order valence-corrected chi connectivity index (χ0v) is 14.4. The number of ether oxygens (including phenoxy) is 1. The molecule has 3 rings (SSSR count). The Balaban J connectivity index is 1.50. The molecule has 122 valence electrons. The molecule has 0 saturated heterocycles. The zero-order valence-electron chi connectivity index (χ0n) is 12.7. The Bertz CT molecular complexity index is 673. The van der Waals surface area contributed by atoms with Crippen molar-refractivity contribution >= 4 is 39.8 Å². The number of thioether (sulfide) groups is 1. The number of anilines is 2. The Morgan fingerprint density at radius 2 is 2.22 bits per heavy atom. The Kier molecular flexibility index (Phi) is 5.35. The molecular formula is C15H18N4O2S2. The highest BCUT2D eigenvalue weighted by Gasteiger charge is 2.22. The van der Waals surface area contributed by atoms with Crippen molar-refractivity contribution in [2.75, 3.05) is 23.0 Å². The highest BCUT2D eigenvalue weighted by atomic mass is 32.2. The summed E-state index contributed by atoms with van der Waals surface area (Å²) in [4.78, 5) is 12.1. The van der Waals surface area contributed by atoms with Crippen LogP contribution in [0.4, 0.5) is 10.8 Å². The van der Waals surface area contributed by atoms with E-state index in [4.69, 9.17) is 4.74 Å². The van der Waals surface area contributed by atoms with Crippen LogP contribution in [-0.4, -0.2) is 34.5 Å². The molecule has 1 fully saturated rings. The molecule has 1 saturated carbocycles. The largest absolute Gasteiger partial charge is 0.492 e. The molecule has 8 heteroatoms. The second kappa shape index (κ2) is 7.65. The predicted molar refractivity (Wildman–Crippen MR) is 93.5 cm³/mol. The molecule has 2 aromatic rings. The summed E-state index contributed by atoms with van der Waals surface area (Å²) in [5.74, 6) is 0.882. The Morgan fingerprint density at radius 3 is 3.00 bits per heavy atom. The molecule has 0 bridgehead atoms. The maximum absolute atomic E-state index is 12.1. The van der Waals surface area contributed by atoms with E-state index in [1.807, 2.05) is 31.2 Å². The van der Waals surface area contributed by atoms with Crippen LogP contribution in [-0.2, 0) is 4.79 Å². The first-order chi connectivity index (χ1) is 11.2. The molecular weight excluding hydrogens is 332 g/mol. The number of benzene rings is 1. The van der Waals surface area contributed by atoms with Crippen molar-refractivity contribution in [2.45, 2.75) is 30.1 Å². The molecule has 1 aliphatic carbocycles. The van der Waals surface area contributed by atoms with Crippen LogP contribution < -0.4 is 15.4 Å². The lowest BCUT2D eigenvalue weighted by Gasteiger charge is -2.10. The van der Waals surface area contributed by atoms with Crippen molar-refractivity contribution in [2.24, 2.45) is 0 Å². The van der Waals surface area contributed by atoms with Crippen LogP contribution in [0.25, 0.3) is 0 Å². The standard InChI is InChI=1S/C15H18N4O2S2/c1-2-21-12-6-4-3-5-11(12)17-13(20)9-22-15-19-18-14(23-15)16-10-7-8-10/h3-6,10H,2,7-9H2,1H3,(H,16,18)(H,17,20). The fourth-order valence-corrected chi connectivity index (χ4v) is 3.52. The molecule has 1 aliphatic rings. The van der Waals surface area contributed by atoms with Gasteiger partial charge in [0.05, 0.1) is 18.0 Å². The number of carbonyl (C=O) groups is 1. The summed E-state index contributed by atoms with van der Waals surface area (Å²) in [6.45, 7) is 2.47. The van der Waals surface area contributed by atoms with E-state index in [2.05, 4.69) is 20.8 Å². The van der Waals surface area contributed by atoms with Gasteiger partial charge in [0.1, 0.15) is 5.75 Å². The third-order valence-electron chi connectivity index (χ3n) is 3.10. The van der Waals surface area contributed by atoms with Crippen LogP contribution in [0.3, 0.4) is 0 Å². The monoisotopic (exact) mass is 350 g/mol. The minimum absolute atomic E-state index is 0.0888. The van der Waals surface area contributed by atoms with E-state index in [1.165, 1.54) is 35.9 Å². The summed E-state index contributed by atoms with van der Waals surface area (Å²) < 4.78 is 6.29. The summed E-state index contributed by atoms with van der Waals surface area (Å²) in [7, 11) is 0. The van der Waals surface area contributed by atoms with Gasteiger partial charge in [0.15, 0.2) is 4.34 Å². The summed E-state index contributed by atoms with van der Waals surface area (Å²) in [6, 6.07) is 7.97. The van der Waals surface area contributed by atoms with Gasteiger partial charge in [-0.05, 0) is 31.9 Å². The first-order valence-corrected chi connectivity index (χ1v) is 9.29. The van der Waals surface area contributed by atoms with Crippen molar-refractivity contribution in [3.05, 3.63) is 24.3 Å². The number of nitrogens with one attached hydrogen (secondary N) is 2. The SMILES string of the molecule is CCOc1ccccc1NC(=O)CSc1nnc(NC2CC2)s1. The van der Waals surface area contributed by atoms with Gasteiger partial charge in [0, 0.05) is 6.04 Å². The number of nitrogens with zero attached hydrogens (tertiary/aromatic N) is 2. The Hall–Kier alpha value is -1.80. The zero-order chi connectivity index (χ0) is 16.1. The predicted octanol–water partition coefficient (Wildman–Crippen LogP) is 3.24. The second-order valence-electron chi connectivity index (χ2n) is 5.06. The number of aromatic nitrogens is 2. The van der Waals surface area contributed by atoms with Crippen molar-refractivity contribution < 1.29 is 9.53 Å². The maximum Gasteiger partial charge on any atom is 0.234 e. The molecule has 0 spiro atoms. The van der Waals surface area contributed by atoms with E-state index in [-0.39, 0.29) is 5.91 Å². The van der Waals surface area contributed by atoms with Crippen molar-refractivity contribution in [3.8, 4) is 5.75 Å². The molecule has 1 aromatic carbocycles. The molecule has 2 N–H and O–H groups in total. The number of rotatable bonds is 8. The fourth-order valence-electron chi connectivity index (χ4n) is 1.89. The lowest BCUT2D eigenvalue weighted by atomic mass is 10.3. The van der Waals surface area contributed by atoms with Crippen LogP contribution in [0.1, 0.15) is 19.8 Å². The second-order valence-corrected chi connectivity index (χ2v) is 7.26. The average molecular weight is 350 g/mol. The summed E-state index contributed by atoms with van der Waals surface area (Å²) in [5.41, 5.74) is 0.688. The normalized spacial score (nSPS) is 13.6. The highest BCUT2D eigenvalue weighted by Crippen LogP contribution is 2.30. The van der Waals surface area contributed by atoms with Gasteiger partial charge < -0.3 is 15.4 Å². The number of carbonyl (C=O) groups excluding carboxylic acids is 1. The van der Waals surface area contributed by atoms with Crippen molar-refractivity contribution in [1.82, 2.24) is 10.2 Å².